The molecule has 2 aliphatic rings. The van der Waals surface area contributed by atoms with Crippen molar-refractivity contribution in [2.45, 2.75) is 44.1 Å². The summed E-state index contributed by atoms with van der Waals surface area (Å²) in [6.07, 6.45) is 7.06. The topological polar surface area (TPSA) is 35.5 Å². The van der Waals surface area contributed by atoms with Gasteiger partial charge in [0.15, 0.2) is 0 Å². The molecule has 3 nitrogen and oxygen atoms in total. The maximum atomic E-state index is 10.5. The van der Waals surface area contributed by atoms with Gasteiger partial charge in [0.05, 0.1) is 5.60 Å². The van der Waals surface area contributed by atoms with Crippen molar-refractivity contribution in [3.05, 3.63) is 0 Å². The van der Waals surface area contributed by atoms with Crippen molar-refractivity contribution >= 4 is 0 Å². The second-order valence-electron chi connectivity index (χ2n) is 5.16. The zero-order chi connectivity index (χ0) is 10.6. The van der Waals surface area contributed by atoms with Crippen molar-refractivity contribution < 1.29 is 5.11 Å². The maximum Gasteiger partial charge on any atom is 0.0774 e. The summed E-state index contributed by atoms with van der Waals surface area (Å²) in [4.78, 5) is 2.42. The van der Waals surface area contributed by atoms with E-state index in [2.05, 4.69) is 10.2 Å². The standard InChI is InChI=1S/C12H24N2O/c15-12(5-3-1-2-4-6-12)11-14-9-7-13-8-10-14/h13,15H,1-11H2. The molecule has 2 rings (SSSR count). The maximum absolute atomic E-state index is 10.5. The van der Waals surface area contributed by atoms with Crippen molar-refractivity contribution in [3.63, 3.8) is 0 Å². The number of piperazine rings is 1. The molecule has 1 aliphatic carbocycles. The third kappa shape index (κ3) is 3.44. The summed E-state index contributed by atoms with van der Waals surface area (Å²) >= 11 is 0. The quantitative estimate of drug-likeness (QED) is 0.670. The molecule has 3 heteroatoms. The molecule has 1 heterocycles. The first kappa shape index (κ1) is 11.4. The van der Waals surface area contributed by atoms with E-state index in [0.29, 0.717) is 0 Å². The van der Waals surface area contributed by atoms with Crippen LogP contribution < -0.4 is 5.32 Å². The lowest BCUT2D eigenvalue weighted by Crippen LogP contribution is -2.50. The van der Waals surface area contributed by atoms with E-state index in [9.17, 15) is 5.11 Å². The lowest BCUT2D eigenvalue weighted by atomic mass is 9.93. The highest BCUT2D eigenvalue weighted by Crippen LogP contribution is 2.27. The van der Waals surface area contributed by atoms with Crippen molar-refractivity contribution in [2.24, 2.45) is 0 Å². The molecule has 0 amide bonds. The van der Waals surface area contributed by atoms with E-state index in [4.69, 9.17) is 0 Å². The lowest BCUT2D eigenvalue weighted by Gasteiger charge is -2.35. The Morgan fingerprint density at radius 3 is 2.20 bits per heavy atom. The van der Waals surface area contributed by atoms with Gasteiger partial charge in [0.1, 0.15) is 0 Å². The van der Waals surface area contributed by atoms with Gasteiger partial charge in [-0.25, -0.2) is 0 Å². The summed E-state index contributed by atoms with van der Waals surface area (Å²) in [6.45, 7) is 5.26. The summed E-state index contributed by atoms with van der Waals surface area (Å²) in [5.74, 6) is 0. The Morgan fingerprint density at radius 2 is 1.60 bits per heavy atom. The first-order valence-corrected chi connectivity index (χ1v) is 6.44. The molecule has 2 N–H and O–H groups in total. The number of aliphatic hydroxyl groups is 1. The molecule has 0 aromatic heterocycles. The first-order valence-electron chi connectivity index (χ1n) is 6.44. The fourth-order valence-electron chi connectivity index (χ4n) is 2.83. The van der Waals surface area contributed by atoms with Gasteiger partial charge in [-0.2, -0.15) is 0 Å². The van der Waals surface area contributed by atoms with Crippen LogP contribution in [0.5, 0.6) is 0 Å². The minimum Gasteiger partial charge on any atom is -0.389 e. The number of nitrogens with one attached hydrogen (secondary N) is 1. The second-order valence-corrected chi connectivity index (χ2v) is 5.16. The van der Waals surface area contributed by atoms with Gasteiger partial charge in [0.25, 0.3) is 0 Å². The van der Waals surface area contributed by atoms with Crippen LogP contribution in [0.4, 0.5) is 0 Å². The van der Waals surface area contributed by atoms with E-state index < -0.39 is 0 Å². The Labute approximate surface area is 92.8 Å². The van der Waals surface area contributed by atoms with Gasteiger partial charge >= 0.3 is 0 Å². The number of nitrogens with zero attached hydrogens (tertiary/aromatic N) is 1. The fraction of sp³-hybridized carbons (Fsp3) is 1.00. The highest BCUT2D eigenvalue weighted by molar-refractivity contribution is 4.85. The van der Waals surface area contributed by atoms with E-state index in [1.165, 1.54) is 25.7 Å². The van der Waals surface area contributed by atoms with Gasteiger partial charge in [-0.05, 0) is 12.8 Å². The van der Waals surface area contributed by atoms with Crippen LogP contribution in [0.1, 0.15) is 38.5 Å². The van der Waals surface area contributed by atoms with Crippen LogP contribution in [0.2, 0.25) is 0 Å². The van der Waals surface area contributed by atoms with E-state index in [0.717, 1.165) is 45.6 Å². The summed E-state index contributed by atoms with van der Waals surface area (Å²) in [6, 6.07) is 0. The Hall–Kier alpha value is -0.120. The molecule has 0 radical (unpaired) electrons. The molecular formula is C12H24N2O. The van der Waals surface area contributed by atoms with Crippen LogP contribution in [0, 0.1) is 0 Å². The van der Waals surface area contributed by atoms with Gasteiger partial charge in [0, 0.05) is 32.7 Å². The molecule has 15 heavy (non-hydrogen) atoms. The lowest BCUT2D eigenvalue weighted by molar-refractivity contribution is -0.0118. The van der Waals surface area contributed by atoms with Crippen LogP contribution in [-0.4, -0.2) is 48.3 Å². The van der Waals surface area contributed by atoms with Crippen molar-refractivity contribution in [1.29, 1.82) is 0 Å². The molecule has 88 valence electrons. The molecule has 1 saturated heterocycles. The molecule has 0 spiro atoms. The highest BCUT2D eigenvalue weighted by atomic mass is 16.3. The monoisotopic (exact) mass is 212 g/mol. The van der Waals surface area contributed by atoms with Gasteiger partial charge in [-0.3, -0.25) is 4.90 Å². The summed E-state index contributed by atoms with van der Waals surface area (Å²) < 4.78 is 0. The molecule has 0 atom stereocenters. The van der Waals surface area contributed by atoms with Crippen molar-refractivity contribution in [2.75, 3.05) is 32.7 Å². The van der Waals surface area contributed by atoms with Crippen LogP contribution in [0.15, 0.2) is 0 Å². The molecule has 0 aromatic carbocycles. The molecular weight excluding hydrogens is 188 g/mol. The molecule has 0 aromatic rings. The Balaban J connectivity index is 1.83. The largest absolute Gasteiger partial charge is 0.389 e. The van der Waals surface area contributed by atoms with E-state index in [-0.39, 0.29) is 5.60 Å². The molecule has 1 saturated carbocycles. The van der Waals surface area contributed by atoms with Crippen LogP contribution >= 0.6 is 0 Å². The number of hydrogen-bond acceptors (Lipinski definition) is 3. The first-order chi connectivity index (χ1) is 7.29. The average Bonchev–Trinajstić information content (AvgIpc) is 2.45. The van der Waals surface area contributed by atoms with Crippen molar-refractivity contribution in [3.8, 4) is 0 Å². The van der Waals surface area contributed by atoms with Gasteiger partial charge < -0.3 is 10.4 Å². The van der Waals surface area contributed by atoms with Crippen LogP contribution in [-0.2, 0) is 0 Å². The minimum absolute atomic E-state index is 0.381. The Bertz CT molecular complexity index is 182. The Morgan fingerprint density at radius 1 is 1.00 bits per heavy atom. The molecule has 2 fully saturated rings. The normalized spacial score (nSPS) is 28.6. The third-order valence-corrected chi connectivity index (χ3v) is 3.76. The average molecular weight is 212 g/mol. The zero-order valence-electron chi connectivity index (χ0n) is 9.67. The van der Waals surface area contributed by atoms with Gasteiger partial charge in [0.2, 0.25) is 0 Å². The van der Waals surface area contributed by atoms with Gasteiger partial charge in [-0.1, -0.05) is 25.7 Å². The van der Waals surface area contributed by atoms with Crippen molar-refractivity contribution in [1.82, 2.24) is 10.2 Å². The summed E-state index contributed by atoms with van der Waals surface area (Å²) in [5, 5.41) is 13.9. The van der Waals surface area contributed by atoms with Gasteiger partial charge in [-0.15, -0.1) is 0 Å². The smallest absolute Gasteiger partial charge is 0.0774 e. The van der Waals surface area contributed by atoms with E-state index in [1.807, 2.05) is 0 Å². The van der Waals surface area contributed by atoms with E-state index >= 15 is 0 Å². The SMILES string of the molecule is OC1(CN2CCNCC2)CCCCCC1. The number of β-amino-alcohol motifs (C(OH)–C–C–N with tert-alkyl or cyclic N) is 1. The highest BCUT2D eigenvalue weighted by Gasteiger charge is 2.30. The molecule has 0 bridgehead atoms. The van der Waals surface area contributed by atoms with Crippen LogP contribution in [0.25, 0.3) is 0 Å². The summed E-state index contributed by atoms with van der Waals surface area (Å²) in [7, 11) is 0. The summed E-state index contributed by atoms with van der Waals surface area (Å²) in [5.41, 5.74) is -0.381. The zero-order valence-corrected chi connectivity index (χ0v) is 9.67. The van der Waals surface area contributed by atoms with Crippen LogP contribution in [0.3, 0.4) is 0 Å². The number of hydrogen-bond donors (Lipinski definition) is 2. The Kier molecular flexibility index (Phi) is 4.00. The molecule has 1 aliphatic heterocycles. The second kappa shape index (κ2) is 5.28. The minimum atomic E-state index is -0.381. The predicted octanol–water partition coefficient (Wildman–Crippen LogP) is 0.977. The third-order valence-electron chi connectivity index (χ3n) is 3.76. The number of rotatable bonds is 2. The fourth-order valence-corrected chi connectivity index (χ4v) is 2.83. The molecule has 0 unspecified atom stereocenters. The predicted molar refractivity (Wildman–Crippen MR) is 62.0 cm³/mol. The van der Waals surface area contributed by atoms with E-state index in [1.54, 1.807) is 0 Å².